The lowest BCUT2D eigenvalue weighted by atomic mass is 10.1. The van der Waals surface area contributed by atoms with E-state index in [9.17, 15) is 4.79 Å². The van der Waals surface area contributed by atoms with Crippen LogP contribution in [0.25, 0.3) is 5.69 Å². The van der Waals surface area contributed by atoms with E-state index in [4.69, 9.17) is 0 Å². The predicted molar refractivity (Wildman–Crippen MR) is 88.6 cm³/mol. The van der Waals surface area contributed by atoms with Gasteiger partial charge in [-0.1, -0.05) is 0 Å². The van der Waals surface area contributed by atoms with Crippen LogP contribution in [-0.2, 0) is 18.3 Å². The first-order valence-electron chi connectivity index (χ1n) is 7.42. The summed E-state index contributed by atoms with van der Waals surface area (Å²) in [5.74, 6) is -0.0421. The zero-order valence-electron chi connectivity index (χ0n) is 13.4. The second kappa shape index (κ2) is 6.08. The van der Waals surface area contributed by atoms with Crippen LogP contribution in [0.1, 0.15) is 17.0 Å². The van der Waals surface area contributed by atoms with Crippen molar-refractivity contribution in [3.63, 3.8) is 0 Å². The molecular weight excluding hydrogens is 290 g/mol. The first-order chi connectivity index (χ1) is 11.0. The molecule has 0 radical (unpaired) electrons. The maximum Gasteiger partial charge on any atom is 0.228 e. The van der Waals surface area contributed by atoms with Crippen LogP contribution >= 0.6 is 0 Å². The topological polar surface area (TPSA) is 64.7 Å². The number of benzene rings is 1. The molecule has 0 aliphatic rings. The Balaban J connectivity index is 1.68. The van der Waals surface area contributed by atoms with Gasteiger partial charge in [-0.15, -0.1) is 0 Å². The summed E-state index contributed by atoms with van der Waals surface area (Å²) < 4.78 is 3.71. The molecule has 0 fully saturated rings. The second-order valence-corrected chi connectivity index (χ2v) is 5.51. The molecule has 3 rings (SSSR count). The SMILES string of the molecule is Cc1nn(C)c(C)c1CC(=O)Nc1ccc(-n2ccnc2)cc1. The van der Waals surface area contributed by atoms with Crippen molar-refractivity contribution in [1.29, 1.82) is 0 Å². The average Bonchev–Trinajstić information content (AvgIpc) is 3.13. The molecule has 0 saturated heterocycles. The number of nitrogens with zero attached hydrogens (tertiary/aromatic N) is 4. The Labute approximate surface area is 134 Å². The number of carbonyl (C=O) groups is 1. The molecule has 0 atom stereocenters. The number of rotatable bonds is 4. The molecule has 0 unspecified atom stereocenters. The van der Waals surface area contributed by atoms with Gasteiger partial charge in [-0.25, -0.2) is 4.98 Å². The molecule has 3 aromatic rings. The van der Waals surface area contributed by atoms with Crippen molar-refractivity contribution in [2.24, 2.45) is 7.05 Å². The second-order valence-electron chi connectivity index (χ2n) is 5.51. The monoisotopic (exact) mass is 309 g/mol. The molecule has 1 aromatic carbocycles. The zero-order chi connectivity index (χ0) is 16.4. The van der Waals surface area contributed by atoms with Gasteiger partial charge in [-0.05, 0) is 38.1 Å². The Morgan fingerprint density at radius 1 is 1.22 bits per heavy atom. The van der Waals surface area contributed by atoms with Crippen LogP contribution in [-0.4, -0.2) is 25.2 Å². The summed E-state index contributed by atoms with van der Waals surface area (Å²) in [6, 6.07) is 7.65. The summed E-state index contributed by atoms with van der Waals surface area (Å²) in [4.78, 5) is 16.3. The van der Waals surface area contributed by atoms with E-state index in [1.165, 1.54) is 0 Å². The van der Waals surface area contributed by atoms with Crippen LogP contribution in [0.3, 0.4) is 0 Å². The number of hydrogen-bond donors (Lipinski definition) is 1. The van der Waals surface area contributed by atoms with Gasteiger partial charge in [0, 0.05) is 42.1 Å². The highest BCUT2D eigenvalue weighted by Gasteiger charge is 2.13. The minimum atomic E-state index is -0.0421. The van der Waals surface area contributed by atoms with Gasteiger partial charge in [-0.3, -0.25) is 9.48 Å². The van der Waals surface area contributed by atoms with Gasteiger partial charge in [0.2, 0.25) is 5.91 Å². The van der Waals surface area contributed by atoms with E-state index in [1.54, 1.807) is 17.2 Å². The summed E-state index contributed by atoms with van der Waals surface area (Å²) in [5, 5.41) is 7.26. The van der Waals surface area contributed by atoms with Crippen LogP contribution in [0.15, 0.2) is 43.0 Å². The molecule has 0 spiro atoms. The fourth-order valence-corrected chi connectivity index (χ4v) is 2.57. The summed E-state index contributed by atoms with van der Waals surface area (Å²) in [6.45, 7) is 3.90. The van der Waals surface area contributed by atoms with Crippen molar-refractivity contribution in [2.45, 2.75) is 20.3 Å². The maximum atomic E-state index is 12.2. The standard InChI is InChI=1S/C17H19N5O/c1-12-16(13(2)21(3)20-12)10-17(23)19-14-4-6-15(7-5-14)22-9-8-18-11-22/h4-9,11H,10H2,1-3H3,(H,19,23). The van der Waals surface area contributed by atoms with Crippen LogP contribution in [0.4, 0.5) is 5.69 Å². The van der Waals surface area contributed by atoms with E-state index in [0.717, 1.165) is 28.3 Å². The van der Waals surface area contributed by atoms with Crippen molar-refractivity contribution >= 4 is 11.6 Å². The first kappa shape index (κ1) is 15.0. The van der Waals surface area contributed by atoms with Crippen LogP contribution in [0.5, 0.6) is 0 Å². The van der Waals surface area contributed by atoms with Gasteiger partial charge in [0.1, 0.15) is 0 Å². The van der Waals surface area contributed by atoms with Crippen molar-refractivity contribution in [2.75, 3.05) is 5.32 Å². The van der Waals surface area contributed by atoms with E-state index < -0.39 is 0 Å². The predicted octanol–water partition coefficient (Wildman–Crippen LogP) is 2.40. The fourth-order valence-electron chi connectivity index (χ4n) is 2.57. The van der Waals surface area contributed by atoms with E-state index >= 15 is 0 Å². The lowest BCUT2D eigenvalue weighted by molar-refractivity contribution is -0.115. The molecule has 2 heterocycles. The number of hydrogen-bond acceptors (Lipinski definition) is 3. The van der Waals surface area contributed by atoms with Gasteiger partial charge in [0.15, 0.2) is 0 Å². The largest absolute Gasteiger partial charge is 0.326 e. The van der Waals surface area contributed by atoms with E-state index in [-0.39, 0.29) is 5.91 Å². The highest BCUT2D eigenvalue weighted by Crippen LogP contribution is 2.16. The number of nitrogens with one attached hydrogen (secondary N) is 1. The van der Waals surface area contributed by atoms with Gasteiger partial charge < -0.3 is 9.88 Å². The molecule has 0 aliphatic carbocycles. The van der Waals surface area contributed by atoms with Crippen molar-refractivity contribution in [1.82, 2.24) is 19.3 Å². The number of aryl methyl sites for hydroxylation is 2. The molecule has 118 valence electrons. The highest BCUT2D eigenvalue weighted by molar-refractivity contribution is 5.92. The molecule has 23 heavy (non-hydrogen) atoms. The molecule has 1 amide bonds. The number of carbonyl (C=O) groups excluding carboxylic acids is 1. The Morgan fingerprint density at radius 2 is 1.96 bits per heavy atom. The first-order valence-corrected chi connectivity index (χ1v) is 7.42. The maximum absolute atomic E-state index is 12.2. The van der Waals surface area contributed by atoms with Gasteiger partial charge in [0.05, 0.1) is 18.4 Å². The minimum Gasteiger partial charge on any atom is -0.326 e. The highest BCUT2D eigenvalue weighted by atomic mass is 16.1. The number of aromatic nitrogens is 4. The van der Waals surface area contributed by atoms with Crippen LogP contribution in [0, 0.1) is 13.8 Å². The van der Waals surface area contributed by atoms with Gasteiger partial charge in [-0.2, -0.15) is 5.10 Å². The van der Waals surface area contributed by atoms with Crippen LogP contribution in [0.2, 0.25) is 0 Å². The molecule has 6 heteroatoms. The smallest absolute Gasteiger partial charge is 0.228 e. The number of imidazole rings is 1. The quantitative estimate of drug-likeness (QED) is 0.805. The van der Waals surface area contributed by atoms with Crippen molar-refractivity contribution in [3.05, 3.63) is 59.9 Å². The van der Waals surface area contributed by atoms with E-state index in [2.05, 4.69) is 15.4 Å². The molecule has 2 aromatic heterocycles. The lowest BCUT2D eigenvalue weighted by Gasteiger charge is -2.07. The Hall–Kier alpha value is -2.89. The third-order valence-corrected chi connectivity index (χ3v) is 3.95. The molecular formula is C17H19N5O. The average molecular weight is 309 g/mol. The molecule has 0 bridgehead atoms. The van der Waals surface area contributed by atoms with Crippen molar-refractivity contribution < 1.29 is 4.79 Å². The van der Waals surface area contributed by atoms with E-state index in [0.29, 0.717) is 6.42 Å². The summed E-state index contributed by atoms with van der Waals surface area (Å²) in [7, 11) is 1.89. The summed E-state index contributed by atoms with van der Waals surface area (Å²) in [5.41, 5.74) is 4.68. The third-order valence-electron chi connectivity index (χ3n) is 3.95. The van der Waals surface area contributed by atoms with Gasteiger partial charge >= 0.3 is 0 Å². The summed E-state index contributed by atoms with van der Waals surface area (Å²) in [6.07, 6.45) is 5.67. The molecule has 1 N–H and O–H groups in total. The number of amides is 1. The number of anilines is 1. The Morgan fingerprint density at radius 3 is 2.52 bits per heavy atom. The normalized spacial score (nSPS) is 10.7. The fraction of sp³-hybridized carbons (Fsp3) is 0.235. The molecule has 0 aliphatic heterocycles. The van der Waals surface area contributed by atoms with Crippen LogP contribution < -0.4 is 5.32 Å². The van der Waals surface area contributed by atoms with Crippen molar-refractivity contribution in [3.8, 4) is 5.69 Å². The lowest BCUT2D eigenvalue weighted by Crippen LogP contribution is -2.15. The summed E-state index contributed by atoms with van der Waals surface area (Å²) >= 11 is 0. The Bertz CT molecular complexity index is 816. The minimum absolute atomic E-state index is 0.0421. The zero-order valence-corrected chi connectivity index (χ0v) is 13.4. The molecule has 6 nitrogen and oxygen atoms in total. The van der Waals surface area contributed by atoms with E-state index in [1.807, 2.05) is 55.9 Å². The van der Waals surface area contributed by atoms with Gasteiger partial charge in [0.25, 0.3) is 0 Å². The third kappa shape index (κ3) is 3.15. The Kier molecular flexibility index (Phi) is 3.97. The molecule has 0 saturated carbocycles.